The van der Waals surface area contributed by atoms with Crippen LogP contribution in [-0.2, 0) is 21.3 Å². The quantitative estimate of drug-likeness (QED) is 0.0523. The molecule has 1 saturated carbocycles. The van der Waals surface area contributed by atoms with E-state index in [0.29, 0.717) is 48.9 Å². The van der Waals surface area contributed by atoms with Gasteiger partial charge in [-0.25, -0.2) is 28.1 Å². The Bertz CT molecular complexity index is 3320. The molecule has 1 aliphatic carbocycles. The number of carbonyl (C=O) groups is 1. The highest BCUT2D eigenvalue weighted by molar-refractivity contribution is 7.90. The number of rotatable bonds is 16. The van der Waals surface area contributed by atoms with Gasteiger partial charge in [0.1, 0.15) is 50.4 Å². The van der Waals surface area contributed by atoms with E-state index in [1.54, 1.807) is 25.4 Å². The van der Waals surface area contributed by atoms with Crippen LogP contribution >= 0.6 is 0 Å². The molecule has 0 radical (unpaired) electrons. The maximum absolute atomic E-state index is 14.3. The number of hydrogen-bond donors (Lipinski definition) is 4. The number of piperidine rings is 1. The number of benzene rings is 3. The normalized spacial score (nSPS) is 18.9. The fourth-order valence-corrected chi connectivity index (χ4v) is 13.0. The summed E-state index contributed by atoms with van der Waals surface area (Å²) in [6.07, 6.45) is 11.6. The molecule has 7 heterocycles. The Morgan fingerprint density at radius 3 is 2.49 bits per heavy atom. The van der Waals surface area contributed by atoms with Crippen molar-refractivity contribution in [2.45, 2.75) is 81.8 Å². The number of piperazine rings is 1. The van der Waals surface area contributed by atoms with Gasteiger partial charge >= 0.3 is 0 Å². The van der Waals surface area contributed by atoms with Crippen molar-refractivity contribution < 1.29 is 32.3 Å². The van der Waals surface area contributed by atoms with Gasteiger partial charge in [-0.2, -0.15) is 0 Å². The minimum Gasteiger partial charge on any atom is -0.497 e. The van der Waals surface area contributed by atoms with Gasteiger partial charge in [0.2, 0.25) is 0 Å². The molecule has 4 aromatic heterocycles. The number of hydrogen-bond acceptors (Lipinski definition) is 15. The number of aromatic nitrogens is 5. The summed E-state index contributed by atoms with van der Waals surface area (Å²) in [5.41, 5.74) is 4.49. The van der Waals surface area contributed by atoms with E-state index >= 15 is 0 Å². The van der Waals surface area contributed by atoms with Crippen LogP contribution in [0.1, 0.15) is 91.4 Å². The van der Waals surface area contributed by atoms with Crippen molar-refractivity contribution in [3.8, 4) is 17.2 Å². The zero-order chi connectivity index (χ0) is 51.8. The number of methoxy groups -OCH3 is 1. The fraction of sp³-hybridized carbons (Fsp3) is 0.418. The van der Waals surface area contributed by atoms with Crippen LogP contribution in [0.5, 0.6) is 17.2 Å². The Morgan fingerprint density at radius 1 is 0.947 bits per heavy atom. The summed E-state index contributed by atoms with van der Waals surface area (Å²) < 4.78 is 47.9. The molecular weight excluding hydrogens is 975 g/mol. The number of nitrogens with one attached hydrogen (secondary N) is 4. The summed E-state index contributed by atoms with van der Waals surface area (Å²) >= 11 is 0. The molecule has 75 heavy (non-hydrogen) atoms. The number of imidazole rings is 1. The van der Waals surface area contributed by atoms with E-state index in [9.17, 15) is 23.3 Å². The third-order valence-corrected chi connectivity index (χ3v) is 17.3. The minimum absolute atomic E-state index is 0.0635. The maximum atomic E-state index is 14.3. The second-order valence-corrected chi connectivity index (χ2v) is 22.6. The zero-order valence-corrected chi connectivity index (χ0v) is 43.3. The Labute approximate surface area is 435 Å². The van der Waals surface area contributed by atoms with Crippen LogP contribution in [0.4, 0.5) is 17.2 Å². The van der Waals surface area contributed by atoms with Crippen molar-refractivity contribution in [3.05, 3.63) is 130 Å². The van der Waals surface area contributed by atoms with Gasteiger partial charge in [-0.15, -0.1) is 0 Å². The third-order valence-electron chi connectivity index (χ3n) is 16.0. The Hall–Kier alpha value is -7.13. The minimum atomic E-state index is -4.77. The highest BCUT2D eigenvalue weighted by Crippen LogP contribution is 2.53. The molecule has 3 aromatic carbocycles. The van der Waals surface area contributed by atoms with Gasteiger partial charge in [0.15, 0.2) is 0 Å². The van der Waals surface area contributed by atoms with Crippen molar-refractivity contribution in [1.82, 2.24) is 39.4 Å². The molecule has 3 aliphatic heterocycles. The fourth-order valence-electron chi connectivity index (χ4n) is 11.8. The van der Waals surface area contributed by atoms with Crippen LogP contribution in [0.2, 0.25) is 0 Å². The summed E-state index contributed by atoms with van der Waals surface area (Å²) in [5, 5.41) is 16.4. The number of nitrogens with zero attached hydrogens (tertiary/aromatic N) is 7. The Kier molecular flexibility index (Phi) is 13.9. The molecule has 19 nitrogen and oxygen atoms in total. The highest BCUT2D eigenvalue weighted by atomic mass is 32.2. The Balaban J connectivity index is 0.807. The zero-order valence-electron chi connectivity index (χ0n) is 42.5. The van der Waals surface area contributed by atoms with Crippen LogP contribution in [0.15, 0.2) is 103 Å². The number of pyridine rings is 2. The Morgan fingerprint density at radius 2 is 1.73 bits per heavy atom. The van der Waals surface area contributed by atoms with Crippen LogP contribution in [0.25, 0.3) is 22.1 Å². The van der Waals surface area contributed by atoms with Crippen molar-refractivity contribution in [3.63, 3.8) is 0 Å². The summed E-state index contributed by atoms with van der Waals surface area (Å²) in [6, 6.07) is 24.4. The number of ether oxygens (including phenoxy) is 3. The van der Waals surface area contributed by atoms with Crippen LogP contribution in [0.3, 0.4) is 0 Å². The lowest BCUT2D eigenvalue weighted by molar-refractivity contribution is -0.384. The smallest absolute Gasteiger partial charge is 0.296 e. The number of amides is 1. The van der Waals surface area contributed by atoms with Crippen molar-refractivity contribution >= 4 is 55.2 Å². The van der Waals surface area contributed by atoms with Gasteiger partial charge < -0.3 is 34.4 Å². The maximum Gasteiger partial charge on any atom is 0.296 e. The largest absolute Gasteiger partial charge is 0.497 e. The van der Waals surface area contributed by atoms with Crippen molar-refractivity contribution in [2.75, 3.05) is 69.8 Å². The van der Waals surface area contributed by atoms with Crippen LogP contribution in [0, 0.1) is 21.4 Å². The van der Waals surface area contributed by atoms with Crippen LogP contribution in [-0.4, -0.2) is 120 Å². The van der Waals surface area contributed by atoms with E-state index < -0.39 is 31.4 Å². The molecule has 4 aliphatic rings. The van der Waals surface area contributed by atoms with E-state index in [0.717, 1.165) is 95.0 Å². The second-order valence-electron chi connectivity index (χ2n) is 20.9. The van der Waals surface area contributed by atoms with Gasteiger partial charge in [0.05, 0.1) is 30.1 Å². The molecule has 392 valence electrons. The first-order chi connectivity index (χ1) is 36.3. The molecule has 4 fully saturated rings. The molecule has 20 heteroatoms. The first-order valence-electron chi connectivity index (χ1n) is 25.9. The van der Waals surface area contributed by atoms with Gasteiger partial charge in [-0.05, 0) is 96.7 Å². The lowest BCUT2D eigenvalue weighted by Crippen LogP contribution is -2.60. The molecule has 3 saturated heterocycles. The number of aromatic amines is 2. The van der Waals surface area contributed by atoms with Gasteiger partial charge in [0.25, 0.3) is 21.6 Å². The SMILES string of the molecule is COc1ccc(CN2CCN(C3CC4(CCN(c5cc(Oc6cnc7[nH]ccc7c6)c(C(=O)NS(=O)(=O)c6cc([N+](=O)[O-])c(NCC7CCOCC7)c7[nH]cnc67)cn5)CC4)C3)[C@H](c3ccccc3C(C)C)C2)cc1. The summed E-state index contributed by atoms with van der Waals surface area (Å²) in [7, 11) is -3.07. The summed E-state index contributed by atoms with van der Waals surface area (Å²) in [5.74, 6) is 1.41. The van der Waals surface area contributed by atoms with Crippen LogP contribution < -0.4 is 24.4 Å². The van der Waals surface area contributed by atoms with Gasteiger partial charge in [-0.1, -0.05) is 50.2 Å². The number of nitro groups is 1. The topological polar surface area (TPSA) is 226 Å². The molecule has 11 rings (SSSR count). The lowest BCUT2D eigenvalue weighted by Gasteiger charge is -2.58. The first-order valence-corrected chi connectivity index (χ1v) is 27.4. The predicted octanol–water partition coefficient (Wildman–Crippen LogP) is 8.93. The summed E-state index contributed by atoms with van der Waals surface area (Å²) in [6.45, 7) is 11.5. The first kappa shape index (κ1) is 50.0. The number of nitro benzene ring substituents is 1. The van der Waals surface area contributed by atoms with Gasteiger partial charge in [-0.3, -0.25) is 24.7 Å². The highest BCUT2D eigenvalue weighted by Gasteiger charge is 2.50. The molecule has 1 amide bonds. The molecular formula is C55H63N11O8S. The van der Waals surface area contributed by atoms with E-state index in [1.807, 2.05) is 18.2 Å². The molecule has 4 N–H and O–H groups in total. The second kappa shape index (κ2) is 20.9. The van der Waals surface area contributed by atoms with E-state index in [1.165, 1.54) is 35.4 Å². The number of carbonyl (C=O) groups excluding carboxylic acids is 1. The standard InChI is InChI=1S/C55H63N11O8S/c1-35(2)42-6-4-5-7-43(42)46-33-63(32-37-8-10-40(72-3)11-9-37)20-21-65(46)39-27-55(28-39)15-18-64(19-16-55)49-26-47(74-41-24-38-12-17-56-53(38)59-30-41)44(31-57-49)54(67)62-75(70,71)48-25-45(66(68)69)50(52-51(48)60-34-61-52)58-29-36-13-22-73-23-14-36/h4-12,17,24-26,30-31,34-36,39,46,58H,13-16,18-23,27-29,32-33H2,1-3H3,(H,56,59)(H,60,61)(H,62,67)/t46-/m0/s1. The number of fused-ring (bicyclic) bond motifs is 2. The van der Waals surface area contributed by atoms with Crippen molar-refractivity contribution in [2.24, 2.45) is 11.3 Å². The van der Waals surface area contributed by atoms with E-state index in [2.05, 4.69) is 94.9 Å². The lowest BCUT2D eigenvalue weighted by atomic mass is 9.59. The molecule has 0 bridgehead atoms. The third kappa shape index (κ3) is 10.4. The number of H-pyrrole nitrogens is 2. The summed E-state index contributed by atoms with van der Waals surface area (Å²) in [4.78, 5) is 52.6. The monoisotopic (exact) mass is 1040 g/mol. The predicted molar refractivity (Wildman–Crippen MR) is 285 cm³/mol. The average Bonchev–Trinajstić information content (AvgIpc) is 4.10. The van der Waals surface area contributed by atoms with Crippen molar-refractivity contribution in [1.29, 1.82) is 0 Å². The molecule has 7 aromatic rings. The molecule has 0 unspecified atom stereocenters. The van der Waals surface area contributed by atoms with E-state index in [4.69, 9.17) is 19.2 Å². The average molecular weight is 1040 g/mol. The van der Waals surface area contributed by atoms with E-state index in [-0.39, 0.29) is 45.4 Å². The molecule has 1 spiro atoms. The van der Waals surface area contributed by atoms with Gasteiger partial charge in [0, 0.05) is 101 Å². The number of anilines is 2. The number of sulfonamides is 1. The molecule has 1 atom stereocenters.